The predicted molar refractivity (Wildman–Crippen MR) is 34.9 cm³/mol. The number of aldehydes is 1. The van der Waals surface area contributed by atoms with Gasteiger partial charge in [-0.25, -0.2) is 0 Å². The molecule has 0 bridgehead atoms. The number of hydrogen-bond donors (Lipinski definition) is 2. The zero-order valence-corrected chi connectivity index (χ0v) is 5.58. The van der Waals surface area contributed by atoms with Crippen LogP contribution in [0, 0.1) is 5.92 Å². The molecule has 9 heavy (non-hydrogen) atoms. The molecule has 0 saturated carbocycles. The first-order valence-electron chi connectivity index (χ1n) is 3.02. The summed E-state index contributed by atoms with van der Waals surface area (Å²) >= 11 is 0. The molecule has 1 unspecified atom stereocenters. The number of aliphatic hydroxyl groups is 1. The van der Waals surface area contributed by atoms with Crippen LogP contribution in [0.3, 0.4) is 0 Å². The lowest BCUT2D eigenvalue weighted by atomic mass is 10.0. The summed E-state index contributed by atoms with van der Waals surface area (Å²) in [6, 6.07) is -0.410. The molecule has 0 aliphatic rings. The molecule has 54 valence electrons. The molecule has 0 saturated heterocycles. The highest BCUT2D eigenvalue weighted by molar-refractivity contribution is 5.56. The molecule has 2 atom stereocenters. The normalized spacial score (nSPS) is 16.8. The molecular weight excluding hydrogens is 118 g/mol. The minimum atomic E-state index is -0.410. The number of nitrogens with two attached hydrogens (primary N) is 1. The van der Waals surface area contributed by atoms with E-state index in [-0.39, 0.29) is 12.5 Å². The number of aliphatic hydroxyl groups excluding tert-OH is 1. The summed E-state index contributed by atoms with van der Waals surface area (Å²) in [4.78, 5) is 9.95. The van der Waals surface area contributed by atoms with E-state index in [9.17, 15) is 4.79 Å². The van der Waals surface area contributed by atoms with Gasteiger partial charge in [0.1, 0.15) is 6.29 Å². The topological polar surface area (TPSA) is 63.3 Å². The van der Waals surface area contributed by atoms with Crippen LogP contribution in [-0.4, -0.2) is 24.0 Å². The molecule has 0 spiro atoms. The van der Waals surface area contributed by atoms with Gasteiger partial charge in [0.05, 0.1) is 6.04 Å². The van der Waals surface area contributed by atoms with Crippen LogP contribution in [0.2, 0.25) is 0 Å². The van der Waals surface area contributed by atoms with Crippen LogP contribution in [0.15, 0.2) is 0 Å². The molecule has 3 N–H and O–H groups in total. The lowest BCUT2D eigenvalue weighted by molar-refractivity contribution is -0.109. The Kier molecular flexibility index (Phi) is 4.26. The van der Waals surface area contributed by atoms with Crippen LogP contribution >= 0.6 is 0 Å². The van der Waals surface area contributed by atoms with Crippen molar-refractivity contribution in [1.82, 2.24) is 0 Å². The molecule has 0 aromatic heterocycles. The van der Waals surface area contributed by atoms with Gasteiger partial charge in [0.2, 0.25) is 0 Å². The van der Waals surface area contributed by atoms with Crippen LogP contribution in [0.4, 0.5) is 0 Å². The summed E-state index contributed by atoms with van der Waals surface area (Å²) in [5.41, 5.74) is 5.27. The molecule has 3 heteroatoms. The molecule has 0 fully saturated rings. The third-order valence-electron chi connectivity index (χ3n) is 1.16. The average molecular weight is 131 g/mol. The van der Waals surface area contributed by atoms with Gasteiger partial charge in [0.15, 0.2) is 0 Å². The molecule has 0 aliphatic heterocycles. The van der Waals surface area contributed by atoms with E-state index in [1.807, 2.05) is 6.92 Å². The zero-order chi connectivity index (χ0) is 7.28. The van der Waals surface area contributed by atoms with Crippen molar-refractivity contribution >= 4 is 6.29 Å². The number of carbonyl (C=O) groups excluding carboxylic acids is 1. The standard InChI is InChI=1S/C6H13NO2/c1-5(3-8)2-6(7)4-9/h4-6,8H,2-3,7H2,1H3/t5?,6-/m0/s1. The summed E-state index contributed by atoms with van der Waals surface area (Å²) in [5, 5.41) is 8.51. The van der Waals surface area contributed by atoms with Gasteiger partial charge in [0.25, 0.3) is 0 Å². The SMILES string of the molecule is CC(CO)C[C@H](N)C=O. The Morgan fingerprint density at radius 3 is 2.67 bits per heavy atom. The van der Waals surface area contributed by atoms with E-state index in [0.717, 1.165) is 0 Å². The van der Waals surface area contributed by atoms with E-state index in [2.05, 4.69) is 0 Å². The maximum absolute atomic E-state index is 9.95. The maximum atomic E-state index is 9.95. The highest BCUT2D eigenvalue weighted by Gasteiger charge is 2.05. The van der Waals surface area contributed by atoms with Crippen molar-refractivity contribution < 1.29 is 9.90 Å². The first-order valence-corrected chi connectivity index (χ1v) is 3.02. The van der Waals surface area contributed by atoms with E-state index in [1.54, 1.807) is 0 Å². The Labute approximate surface area is 54.9 Å². The largest absolute Gasteiger partial charge is 0.396 e. The van der Waals surface area contributed by atoms with Gasteiger partial charge in [-0.15, -0.1) is 0 Å². The van der Waals surface area contributed by atoms with E-state index in [4.69, 9.17) is 10.8 Å². The minimum Gasteiger partial charge on any atom is -0.396 e. The minimum absolute atomic E-state index is 0.0987. The van der Waals surface area contributed by atoms with Crippen molar-refractivity contribution in [3.63, 3.8) is 0 Å². The molecular formula is C6H13NO2. The van der Waals surface area contributed by atoms with Crippen LogP contribution in [0.5, 0.6) is 0 Å². The van der Waals surface area contributed by atoms with Crippen LogP contribution in [-0.2, 0) is 4.79 Å². The van der Waals surface area contributed by atoms with Crippen molar-refractivity contribution in [1.29, 1.82) is 0 Å². The Hall–Kier alpha value is -0.410. The fraction of sp³-hybridized carbons (Fsp3) is 0.833. The molecule has 0 aromatic carbocycles. The van der Waals surface area contributed by atoms with Crippen LogP contribution in [0.25, 0.3) is 0 Å². The lowest BCUT2D eigenvalue weighted by Crippen LogP contribution is -2.25. The Morgan fingerprint density at radius 1 is 1.78 bits per heavy atom. The fourth-order valence-electron chi connectivity index (χ4n) is 0.595. The summed E-state index contributed by atoms with van der Waals surface area (Å²) in [6.45, 7) is 1.95. The summed E-state index contributed by atoms with van der Waals surface area (Å²) < 4.78 is 0. The number of carbonyl (C=O) groups is 1. The van der Waals surface area contributed by atoms with Crippen molar-refractivity contribution in [3.05, 3.63) is 0 Å². The molecule has 3 nitrogen and oxygen atoms in total. The van der Waals surface area contributed by atoms with E-state index in [1.165, 1.54) is 0 Å². The zero-order valence-electron chi connectivity index (χ0n) is 5.58. The molecule has 0 amide bonds. The quantitative estimate of drug-likeness (QED) is 0.507. The van der Waals surface area contributed by atoms with Gasteiger partial charge >= 0.3 is 0 Å². The summed E-state index contributed by atoms with van der Waals surface area (Å²) in [7, 11) is 0. The van der Waals surface area contributed by atoms with Crippen molar-refractivity contribution in [3.8, 4) is 0 Å². The molecule has 0 heterocycles. The number of hydrogen-bond acceptors (Lipinski definition) is 3. The molecule has 0 aliphatic carbocycles. The van der Waals surface area contributed by atoms with Gasteiger partial charge in [0, 0.05) is 6.61 Å². The number of rotatable bonds is 4. The first-order chi connectivity index (χ1) is 4.20. The molecule has 0 aromatic rings. The predicted octanol–water partition coefficient (Wildman–Crippen LogP) is -0.469. The second kappa shape index (κ2) is 4.47. The van der Waals surface area contributed by atoms with Gasteiger partial charge in [-0.1, -0.05) is 6.92 Å². The van der Waals surface area contributed by atoms with Gasteiger partial charge in [-0.2, -0.15) is 0 Å². The fourth-order valence-corrected chi connectivity index (χ4v) is 0.595. The Morgan fingerprint density at radius 2 is 2.33 bits per heavy atom. The second-order valence-corrected chi connectivity index (χ2v) is 2.32. The van der Waals surface area contributed by atoms with E-state index >= 15 is 0 Å². The molecule has 0 rings (SSSR count). The second-order valence-electron chi connectivity index (χ2n) is 2.32. The van der Waals surface area contributed by atoms with Crippen LogP contribution in [0.1, 0.15) is 13.3 Å². The van der Waals surface area contributed by atoms with E-state index < -0.39 is 6.04 Å². The highest BCUT2D eigenvalue weighted by Crippen LogP contribution is 2.00. The lowest BCUT2D eigenvalue weighted by Gasteiger charge is -2.08. The maximum Gasteiger partial charge on any atom is 0.136 e. The first kappa shape index (κ1) is 8.59. The summed E-state index contributed by atoms with van der Waals surface area (Å²) in [5.74, 6) is 0.130. The highest BCUT2D eigenvalue weighted by atomic mass is 16.3. The Bertz CT molecular complexity index is 85.1. The van der Waals surface area contributed by atoms with E-state index in [0.29, 0.717) is 12.7 Å². The third-order valence-corrected chi connectivity index (χ3v) is 1.16. The van der Waals surface area contributed by atoms with Crippen molar-refractivity contribution in [2.45, 2.75) is 19.4 Å². The monoisotopic (exact) mass is 131 g/mol. The van der Waals surface area contributed by atoms with Crippen molar-refractivity contribution in [2.75, 3.05) is 6.61 Å². The molecule has 0 radical (unpaired) electrons. The Balaban J connectivity index is 3.33. The average Bonchev–Trinajstić information content (AvgIpc) is 1.87. The third kappa shape index (κ3) is 4.12. The van der Waals surface area contributed by atoms with Gasteiger partial charge in [-0.3, -0.25) is 0 Å². The van der Waals surface area contributed by atoms with Gasteiger partial charge < -0.3 is 15.6 Å². The smallest absolute Gasteiger partial charge is 0.136 e. The van der Waals surface area contributed by atoms with Gasteiger partial charge in [-0.05, 0) is 12.3 Å². The summed E-state index contributed by atoms with van der Waals surface area (Å²) in [6.07, 6.45) is 1.27. The van der Waals surface area contributed by atoms with Crippen LogP contribution < -0.4 is 5.73 Å². The van der Waals surface area contributed by atoms with Crippen molar-refractivity contribution in [2.24, 2.45) is 11.7 Å².